The number of halogens is 1. The Morgan fingerprint density at radius 2 is 2.33 bits per heavy atom. The molecule has 1 rings (SSSR count). The van der Waals surface area contributed by atoms with Gasteiger partial charge in [-0.15, -0.1) is 0 Å². The van der Waals surface area contributed by atoms with Gasteiger partial charge in [-0.1, -0.05) is 15.9 Å². The predicted molar refractivity (Wildman–Crippen MR) is 62.8 cm³/mol. The summed E-state index contributed by atoms with van der Waals surface area (Å²) in [6, 6.07) is 0.425. The molecule has 1 aliphatic heterocycles. The Bertz CT molecular complexity index is 225. The first kappa shape index (κ1) is 12.9. The SMILES string of the molecule is CC1CCC(C(N)=O)CN1CC(O)CBr. The Hall–Kier alpha value is -0.130. The fraction of sp³-hybridized carbons (Fsp3) is 0.900. The Kier molecular flexibility index (Phi) is 5.02. The standard InChI is InChI=1S/C10H19BrN2O2/c1-7-2-3-8(10(12)15)5-13(7)6-9(14)4-11/h7-9,14H,2-6H2,1H3,(H2,12,15). The number of nitrogens with two attached hydrogens (primary N) is 1. The number of amides is 1. The number of rotatable bonds is 4. The second-order valence-electron chi connectivity index (χ2n) is 4.29. The minimum Gasteiger partial charge on any atom is -0.391 e. The van der Waals surface area contributed by atoms with E-state index in [1.807, 2.05) is 0 Å². The van der Waals surface area contributed by atoms with E-state index < -0.39 is 0 Å². The first-order chi connectivity index (χ1) is 7.04. The van der Waals surface area contributed by atoms with Crippen LogP contribution in [-0.4, -0.2) is 46.5 Å². The van der Waals surface area contributed by atoms with E-state index in [0.717, 1.165) is 12.8 Å². The van der Waals surface area contributed by atoms with Crippen molar-refractivity contribution in [3.8, 4) is 0 Å². The zero-order valence-corrected chi connectivity index (χ0v) is 10.6. The predicted octanol–water partition coefficient (Wildman–Crippen LogP) is 0.328. The third-order valence-electron chi connectivity index (χ3n) is 3.04. The van der Waals surface area contributed by atoms with Gasteiger partial charge in [0.15, 0.2) is 0 Å². The van der Waals surface area contributed by atoms with Crippen LogP contribution in [0.1, 0.15) is 19.8 Å². The van der Waals surface area contributed by atoms with Gasteiger partial charge >= 0.3 is 0 Å². The Morgan fingerprint density at radius 1 is 1.67 bits per heavy atom. The van der Waals surface area contributed by atoms with Crippen molar-refractivity contribution in [2.75, 3.05) is 18.4 Å². The molecule has 1 aliphatic rings. The van der Waals surface area contributed by atoms with Crippen LogP contribution in [0.4, 0.5) is 0 Å². The molecule has 3 unspecified atom stereocenters. The van der Waals surface area contributed by atoms with Gasteiger partial charge in [0.2, 0.25) is 5.91 Å². The van der Waals surface area contributed by atoms with Crippen LogP contribution in [0.3, 0.4) is 0 Å². The topological polar surface area (TPSA) is 66.6 Å². The molecule has 1 saturated heterocycles. The zero-order valence-electron chi connectivity index (χ0n) is 9.03. The molecule has 5 heteroatoms. The van der Waals surface area contributed by atoms with Gasteiger partial charge in [-0.3, -0.25) is 9.69 Å². The average Bonchev–Trinajstić information content (AvgIpc) is 2.20. The minimum atomic E-state index is -0.376. The van der Waals surface area contributed by atoms with Gasteiger partial charge in [0, 0.05) is 24.5 Å². The molecule has 0 aromatic rings. The summed E-state index contributed by atoms with van der Waals surface area (Å²) >= 11 is 3.24. The van der Waals surface area contributed by atoms with E-state index >= 15 is 0 Å². The number of β-amino-alcohol motifs (C(OH)–C–C–N with tert-alkyl or cyclic N) is 1. The lowest BCUT2D eigenvalue weighted by Crippen LogP contribution is -2.48. The molecule has 15 heavy (non-hydrogen) atoms. The summed E-state index contributed by atoms with van der Waals surface area (Å²) in [5.74, 6) is -0.274. The van der Waals surface area contributed by atoms with Crippen molar-refractivity contribution in [1.82, 2.24) is 4.90 Å². The first-order valence-corrected chi connectivity index (χ1v) is 6.44. The van der Waals surface area contributed by atoms with Crippen molar-refractivity contribution in [1.29, 1.82) is 0 Å². The van der Waals surface area contributed by atoms with Crippen LogP contribution in [0.2, 0.25) is 0 Å². The van der Waals surface area contributed by atoms with Gasteiger partial charge in [0.05, 0.1) is 12.0 Å². The number of likely N-dealkylation sites (tertiary alicyclic amines) is 1. The van der Waals surface area contributed by atoms with Crippen molar-refractivity contribution < 1.29 is 9.90 Å². The summed E-state index contributed by atoms with van der Waals surface area (Å²) in [6.45, 7) is 3.41. The number of carbonyl (C=O) groups is 1. The number of hydrogen-bond acceptors (Lipinski definition) is 3. The van der Waals surface area contributed by atoms with Crippen LogP contribution < -0.4 is 5.73 Å². The normalized spacial score (nSPS) is 30.1. The molecule has 0 saturated carbocycles. The van der Waals surface area contributed by atoms with Crippen LogP contribution in [0.15, 0.2) is 0 Å². The smallest absolute Gasteiger partial charge is 0.221 e. The quantitative estimate of drug-likeness (QED) is 0.729. The number of primary amides is 1. The van der Waals surface area contributed by atoms with E-state index in [1.165, 1.54) is 0 Å². The van der Waals surface area contributed by atoms with Crippen LogP contribution in [0.25, 0.3) is 0 Å². The lowest BCUT2D eigenvalue weighted by Gasteiger charge is -2.37. The lowest BCUT2D eigenvalue weighted by atomic mass is 9.93. The molecule has 0 bridgehead atoms. The maximum Gasteiger partial charge on any atom is 0.221 e. The van der Waals surface area contributed by atoms with Crippen molar-refractivity contribution in [2.45, 2.75) is 31.9 Å². The molecule has 4 nitrogen and oxygen atoms in total. The van der Waals surface area contributed by atoms with Gasteiger partial charge in [0.1, 0.15) is 0 Å². The molecule has 1 amide bonds. The van der Waals surface area contributed by atoms with Gasteiger partial charge in [-0.25, -0.2) is 0 Å². The van der Waals surface area contributed by atoms with Crippen LogP contribution in [-0.2, 0) is 4.79 Å². The van der Waals surface area contributed by atoms with E-state index in [2.05, 4.69) is 27.8 Å². The molecule has 0 radical (unpaired) electrons. The second kappa shape index (κ2) is 5.82. The highest BCUT2D eigenvalue weighted by Gasteiger charge is 2.29. The first-order valence-electron chi connectivity index (χ1n) is 5.32. The number of nitrogens with zero attached hydrogens (tertiary/aromatic N) is 1. The number of piperidine rings is 1. The fourth-order valence-electron chi connectivity index (χ4n) is 1.99. The van der Waals surface area contributed by atoms with E-state index in [-0.39, 0.29) is 17.9 Å². The van der Waals surface area contributed by atoms with Crippen molar-refractivity contribution >= 4 is 21.8 Å². The molecule has 1 heterocycles. The lowest BCUT2D eigenvalue weighted by molar-refractivity contribution is -0.124. The number of alkyl halides is 1. The molecule has 0 spiro atoms. The minimum absolute atomic E-state index is 0.0521. The summed E-state index contributed by atoms with van der Waals surface area (Å²) in [4.78, 5) is 13.2. The molecule has 0 aromatic carbocycles. The maximum absolute atomic E-state index is 11.1. The Balaban J connectivity index is 2.49. The van der Waals surface area contributed by atoms with Crippen LogP contribution in [0, 0.1) is 5.92 Å². The van der Waals surface area contributed by atoms with Gasteiger partial charge < -0.3 is 10.8 Å². The number of carbonyl (C=O) groups excluding carboxylic acids is 1. The highest BCUT2D eigenvalue weighted by atomic mass is 79.9. The largest absolute Gasteiger partial charge is 0.391 e. The molecular formula is C10H19BrN2O2. The number of hydrogen-bond donors (Lipinski definition) is 2. The van der Waals surface area contributed by atoms with Crippen LogP contribution in [0.5, 0.6) is 0 Å². The van der Waals surface area contributed by atoms with Crippen molar-refractivity contribution in [3.63, 3.8) is 0 Å². The fourth-order valence-corrected chi connectivity index (χ4v) is 2.19. The molecule has 3 N–H and O–H groups in total. The molecule has 88 valence electrons. The summed E-state index contributed by atoms with van der Waals surface area (Å²) < 4.78 is 0. The number of aliphatic hydroxyl groups excluding tert-OH is 1. The molecular weight excluding hydrogens is 260 g/mol. The van der Waals surface area contributed by atoms with Crippen LogP contribution >= 0.6 is 15.9 Å². The van der Waals surface area contributed by atoms with E-state index in [0.29, 0.717) is 24.5 Å². The zero-order chi connectivity index (χ0) is 11.4. The Labute approximate surface area is 98.9 Å². The summed E-state index contributed by atoms with van der Waals surface area (Å²) in [5, 5.41) is 10.1. The van der Waals surface area contributed by atoms with E-state index in [1.54, 1.807) is 0 Å². The molecule has 0 aromatic heterocycles. The molecule has 3 atom stereocenters. The average molecular weight is 279 g/mol. The third kappa shape index (κ3) is 3.74. The summed E-state index contributed by atoms with van der Waals surface area (Å²) in [5.41, 5.74) is 5.30. The van der Waals surface area contributed by atoms with Gasteiger partial charge in [0.25, 0.3) is 0 Å². The monoisotopic (exact) mass is 278 g/mol. The van der Waals surface area contributed by atoms with E-state index in [9.17, 15) is 9.90 Å². The molecule has 1 fully saturated rings. The van der Waals surface area contributed by atoms with Crippen molar-refractivity contribution in [2.24, 2.45) is 11.7 Å². The molecule has 0 aliphatic carbocycles. The van der Waals surface area contributed by atoms with Gasteiger partial charge in [-0.2, -0.15) is 0 Å². The van der Waals surface area contributed by atoms with E-state index in [4.69, 9.17) is 5.73 Å². The van der Waals surface area contributed by atoms with Crippen molar-refractivity contribution in [3.05, 3.63) is 0 Å². The summed E-state index contributed by atoms with van der Waals surface area (Å²) in [6.07, 6.45) is 1.47. The third-order valence-corrected chi connectivity index (χ3v) is 3.78. The second-order valence-corrected chi connectivity index (χ2v) is 4.94. The van der Waals surface area contributed by atoms with Gasteiger partial charge in [-0.05, 0) is 19.8 Å². The Morgan fingerprint density at radius 3 is 2.87 bits per heavy atom. The highest BCUT2D eigenvalue weighted by molar-refractivity contribution is 9.09. The highest BCUT2D eigenvalue weighted by Crippen LogP contribution is 2.21. The maximum atomic E-state index is 11.1. The number of aliphatic hydroxyl groups is 1. The summed E-state index contributed by atoms with van der Waals surface area (Å²) in [7, 11) is 0.